The van der Waals surface area contributed by atoms with Gasteiger partial charge in [0, 0.05) is 0 Å². The largest absolute Gasteiger partial charge is 0.473 e. The van der Waals surface area contributed by atoms with E-state index in [2.05, 4.69) is 4.74 Å². The van der Waals surface area contributed by atoms with Crippen LogP contribution in [0.4, 0.5) is 0 Å². The van der Waals surface area contributed by atoms with E-state index in [1.165, 1.54) is 32.1 Å². The molecule has 0 amide bonds. The minimum Gasteiger partial charge on any atom is -0.473 e. The Hall–Kier alpha value is -1.50. The molecule has 154 valence electrons. The first kappa shape index (κ1) is 22.8. The Morgan fingerprint density at radius 1 is 1.04 bits per heavy atom. The van der Waals surface area contributed by atoms with E-state index in [0.29, 0.717) is 6.42 Å². The van der Waals surface area contributed by atoms with E-state index in [1.807, 2.05) is 0 Å². The van der Waals surface area contributed by atoms with Crippen molar-refractivity contribution in [3.05, 3.63) is 26.7 Å². The molecule has 1 aromatic carbocycles. The molecule has 1 fully saturated rings. The third-order valence-corrected chi connectivity index (χ3v) is 5.73. The maximum Gasteiger partial charge on any atom is 0.422 e. The third-order valence-electron chi connectivity index (χ3n) is 4.66. The summed E-state index contributed by atoms with van der Waals surface area (Å²) in [5, 5.41) is 8.19. The van der Waals surface area contributed by atoms with Crippen LogP contribution in [0.15, 0.2) is 6.07 Å². The molecule has 28 heavy (non-hydrogen) atoms. The standard InChI is InChI=1S/C19H21Cl3O6/c20-12-10-13(21)16(28-19(26)17(23)24)14(15(12)22)18(25)27-9-5-4-8-11-6-2-1-3-7-11/h10-11H,1-9H2,(H,23,24). The monoisotopic (exact) mass is 450 g/mol. The Morgan fingerprint density at radius 3 is 2.36 bits per heavy atom. The van der Waals surface area contributed by atoms with Gasteiger partial charge in [-0.25, -0.2) is 14.4 Å². The van der Waals surface area contributed by atoms with Crippen molar-refractivity contribution >= 4 is 52.7 Å². The zero-order chi connectivity index (χ0) is 20.7. The molecule has 0 bridgehead atoms. The first-order chi connectivity index (χ1) is 13.3. The summed E-state index contributed by atoms with van der Waals surface area (Å²) in [6, 6.07) is 1.15. The molecule has 0 unspecified atom stereocenters. The molecule has 1 N–H and O–H groups in total. The lowest BCUT2D eigenvalue weighted by molar-refractivity contribution is -0.158. The average Bonchev–Trinajstić information content (AvgIpc) is 2.66. The first-order valence-electron chi connectivity index (χ1n) is 9.11. The molecule has 6 nitrogen and oxygen atoms in total. The molecule has 0 aliphatic heterocycles. The van der Waals surface area contributed by atoms with Crippen molar-refractivity contribution in [1.82, 2.24) is 0 Å². The second kappa shape index (κ2) is 10.9. The van der Waals surface area contributed by atoms with Crippen LogP contribution in [-0.4, -0.2) is 29.6 Å². The topological polar surface area (TPSA) is 89.9 Å². The fraction of sp³-hybridized carbons (Fsp3) is 0.526. The van der Waals surface area contributed by atoms with Crippen molar-refractivity contribution < 1.29 is 29.0 Å². The number of carboxylic acid groups (broad SMARTS) is 1. The number of hydrogen-bond acceptors (Lipinski definition) is 5. The second-order valence-corrected chi connectivity index (χ2v) is 7.88. The molecule has 9 heteroatoms. The molecule has 0 radical (unpaired) electrons. The number of unbranched alkanes of at least 4 members (excludes halogenated alkanes) is 1. The van der Waals surface area contributed by atoms with Crippen molar-refractivity contribution in [3.8, 4) is 5.75 Å². The SMILES string of the molecule is O=C(O)C(=O)Oc1c(Cl)cc(Cl)c(Cl)c1C(=O)OCCCCC1CCCCC1. The van der Waals surface area contributed by atoms with Gasteiger partial charge in [-0.3, -0.25) is 0 Å². The Morgan fingerprint density at radius 2 is 1.71 bits per heavy atom. The van der Waals surface area contributed by atoms with E-state index in [1.54, 1.807) is 0 Å². The van der Waals surface area contributed by atoms with Crippen LogP contribution < -0.4 is 4.74 Å². The molecule has 0 spiro atoms. The van der Waals surface area contributed by atoms with Crippen molar-refractivity contribution in [3.63, 3.8) is 0 Å². The third kappa shape index (κ3) is 6.26. The molecule has 1 aliphatic rings. The highest BCUT2D eigenvalue weighted by atomic mass is 35.5. The van der Waals surface area contributed by atoms with Gasteiger partial charge in [0.25, 0.3) is 0 Å². The highest BCUT2D eigenvalue weighted by Gasteiger charge is 2.27. The minimum atomic E-state index is -1.84. The first-order valence-corrected chi connectivity index (χ1v) is 10.2. The van der Waals surface area contributed by atoms with Gasteiger partial charge in [-0.2, -0.15) is 0 Å². The van der Waals surface area contributed by atoms with Crippen LogP contribution in [0.5, 0.6) is 5.75 Å². The Labute approximate surface area is 178 Å². The lowest BCUT2D eigenvalue weighted by Gasteiger charge is -2.21. The fourth-order valence-electron chi connectivity index (χ4n) is 3.25. The van der Waals surface area contributed by atoms with E-state index < -0.39 is 23.7 Å². The lowest BCUT2D eigenvalue weighted by atomic mass is 9.86. The van der Waals surface area contributed by atoms with Gasteiger partial charge in [0.15, 0.2) is 5.75 Å². The van der Waals surface area contributed by atoms with Crippen LogP contribution in [0, 0.1) is 5.92 Å². The van der Waals surface area contributed by atoms with Gasteiger partial charge < -0.3 is 14.6 Å². The number of ether oxygens (including phenoxy) is 2. The summed E-state index contributed by atoms with van der Waals surface area (Å²) in [7, 11) is 0. The normalized spacial score (nSPS) is 14.5. The van der Waals surface area contributed by atoms with Crippen LogP contribution in [0.1, 0.15) is 61.7 Å². The van der Waals surface area contributed by atoms with Crippen LogP contribution in [0.3, 0.4) is 0 Å². The summed E-state index contributed by atoms with van der Waals surface area (Å²) in [6.07, 6.45) is 9.11. The number of carboxylic acids is 1. The molecule has 2 rings (SSSR count). The van der Waals surface area contributed by atoms with E-state index in [0.717, 1.165) is 24.8 Å². The quantitative estimate of drug-likeness (QED) is 0.192. The van der Waals surface area contributed by atoms with Crippen molar-refractivity contribution in [2.45, 2.75) is 51.4 Å². The van der Waals surface area contributed by atoms with Gasteiger partial charge in [-0.15, -0.1) is 0 Å². The highest BCUT2D eigenvalue weighted by Crippen LogP contribution is 2.40. The van der Waals surface area contributed by atoms with Gasteiger partial charge in [0.2, 0.25) is 0 Å². The van der Waals surface area contributed by atoms with Crippen LogP contribution in [0.25, 0.3) is 0 Å². The Kier molecular flexibility index (Phi) is 8.86. The van der Waals surface area contributed by atoms with E-state index in [9.17, 15) is 14.4 Å². The molecular formula is C19H21Cl3O6. The maximum absolute atomic E-state index is 12.4. The smallest absolute Gasteiger partial charge is 0.422 e. The lowest BCUT2D eigenvalue weighted by Crippen LogP contribution is -2.21. The summed E-state index contributed by atoms with van der Waals surface area (Å²) in [5.41, 5.74) is -0.374. The number of esters is 2. The van der Waals surface area contributed by atoms with Crippen LogP contribution in [-0.2, 0) is 14.3 Å². The van der Waals surface area contributed by atoms with E-state index >= 15 is 0 Å². The van der Waals surface area contributed by atoms with Crippen molar-refractivity contribution in [2.24, 2.45) is 5.92 Å². The number of hydrogen-bond donors (Lipinski definition) is 1. The summed E-state index contributed by atoms with van der Waals surface area (Å²) in [4.78, 5) is 34.6. The van der Waals surface area contributed by atoms with Gasteiger partial charge >= 0.3 is 17.9 Å². The number of carbonyl (C=O) groups is 3. The molecule has 0 saturated heterocycles. The molecule has 1 aromatic rings. The minimum absolute atomic E-state index is 0.0500. The molecule has 1 saturated carbocycles. The Balaban J connectivity index is 1.98. The number of aliphatic carboxylic acids is 1. The fourth-order valence-corrected chi connectivity index (χ4v) is 3.96. The Bertz CT molecular complexity index is 744. The molecule has 0 heterocycles. The van der Waals surface area contributed by atoms with Crippen LogP contribution in [0.2, 0.25) is 15.1 Å². The summed E-state index contributed by atoms with van der Waals surface area (Å²) < 4.78 is 9.90. The number of benzene rings is 1. The van der Waals surface area contributed by atoms with Crippen molar-refractivity contribution in [1.29, 1.82) is 0 Å². The highest BCUT2D eigenvalue weighted by molar-refractivity contribution is 6.46. The number of halogens is 3. The predicted octanol–water partition coefficient (Wildman–Crippen LogP) is 5.54. The van der Waals surface area contributed by atoms with Crippen molar-refractivity contribution in [2.75, 3.05) is 6.61 Å². The number of rotatable bonds is 7. The van der Waals surface area contributed by atoms with E-state index in [4.69, 9.17) is 44.6 Å². The summed E-state index contributed by atoms with van der Waals surface area (Å²) in [6.45, 7) is 0.151. The maximum atomic E-state index is 12.4. The summed E-state index contributed by atoms with van der Waals surface area (Å²) in [5.74, 6) is -4.09. The van der Waals surface area contributed by atoms with Gasteiger partial charge in [-0.1, -0.05) is 73.3 Å². The summed E-state index contributed by atoms with van der Waals surface area (Å²) >= 11 is 17.9. The van der Waals surface area contributed by atoms with Gasteiger partial charge in [0.05, 0.1) is 21.7 Å². The van der Waals surface area contributed by atoms with Crippen LogP contribution >= 0.6 is 34.8 Å². The second-order valence-electron chi connectivity index (χ2n) is 6.69. The molecule has 0 aromatic heterocycles. The zero-order valence-corrected chi connectivity index (χ0v) is 17.4. The molecule has 0 atom stereocenters. The van der Waals surface area contributed by atoms with Gasteiger partial charge in [0.1, 0.15) is 5.56 Å². The molecule has 1 aliphatic carbocycles. The average molecular weight is 452 g/mol. The van der Waals surface area contributed by atoms with Gasteiger partial charge in [-0.05, 0) is 24.8 Å². The number of carbonyl (C=O) groups excluding carboxylic acids is 2. The zero-order valence-electron chi connectivity index (χ0n) is 15.1. The predicted molar refractivity (Wildman–Crippen MR) is 105 cm³/mol. The molecular weight excluding hydrogens is 431 g/mol. The van der Waals surface area contributed by atoms with E-state index in [-0.39, 0.29) is 27.2 Å².